The minimum absolute atomic E-state index is 0.206. The van der Waals surface area contributed by atoms with Gasteiger partial charge in [0.05, 0.1) is 22.6 Å². The number of aromatic nitrogens is 1. The number of carboxylic acids is 1. The minimum Gasteiger partial charge on any atom is -0.478 e. The predicted octanol–water partition coefficient (Wildman–Crippen LogP) is 4.71. The molecular weight excluding hydrogens is 474 g/mol. The van der Waals surface area contributed by atoms with E-state index in [1.54, 1.807) is 35.0 Å². The zero-order chi connectivity index (χ0) is 25.3. The lowest BCUT2D eigenvalue weighted by Gasteiger charge is -2.39. The summed E-state index contributed by atoms with van der Waals surface area (Å²) in [6.45, 7) is 2.72. The second-order valence-corrected chi connectivity index (χ2v) is 11.1. The molecule has 36 heavy (non-hydrogen) atoms. The summed E-state index contributed by atoms with van der Waals surface area (Å²) in [5.74, 6) is -0.996. The van der Waals surface area contributed by atoms with Crippen molar-refractivity contribution in [2.75, 3.05) is 22.7 Å². The summed E-state index contributed by atoms with van der Waals surface area (Å²) >= 11 is 0. The van der Waals surface area contributed by atoms with Crippen LogP contribution < -0.4 is 9.62 Å². The molecule has 8 heteroatoms. The minimum atomic E-state index is -3.58. The molecule has 4 aromatic rings. The Bertz CT molecular complexity index is 1510. The summed E-state index contributed by atoms with van der Waals surface area (Å²) in [6.07, 6.45) is 4.26. The van der Waals surface area contributed by atoms with E-state index in [4.69, 9.17) is 0 Å². The number of nitrogens with one attached hydrogen (secondary N) is 1. The van der Waals surface area contributed by atoms with Crippen molar-refractivity contribution in [3.05, 3.63) is 114 Å². The van der Waals surface area contributed by atoms with Crippen LogP contribution in [0.2, 0.25) is 0 Å². The average molecular weight is 502 g/mol. The highest BCUT2D eigenvalue weighted by molar-refractivity contribution is 7.93. The number of nitrogens with zero attached hydrogens (tertiary/aromatic N) is 2. The van der Waals surface area contributed by atoms with Crippen LogP contribution in [-0.2, 0) is 16.4 Å². The fourth-order valence-electron chi connectivity index (χ4n) is 4.47. The zero-order valence-corrected chi connectivity index (χ0v) is 20.7. The van der Waals surface area contributed by atoms with Crippen molar-refractivity contribution in [1.29, 1.82) is 0 Å². The standard InChI is InChI=1S/C28H27N3O4S/c1-20-11-12-26(22(15-20)16-21-7-3-2-4-8-21)29-36(34,35)24-18-31(19-24)23-13-14-30(17-23)27-10-6-5-9-25(27)28(32)33/h2-15,17,24,29H,16,18-19H2,1H3,(H,32,33). The van der Waals surface area contributed by atoms with Gasteiger partial charge in [0.2, 0.25) is 10.0 Å². The molecule has 0 bridgehead atoms. The van der Waals surface area contributed by atoms with Crippen LogP contribution in [0, 0.1) is 6.92 Å². The van der Waals surface area contributed by atoms with Crippen molar-refractivity contribution in [3.8, 4) is 5.69 Å². The Balaban J connectivity index is 1.28. The van der Waals surface area contributed by atoms with E-state index >= 15 is 0 Å². The maximum atomic E-state index is 13.2. The number of carboxylic acid groups (broad SMARTS) is 1. The molecule has 0 saturated carbocycles. The summed E-state index contributed by atoms with van der Waals surface area (Å²) in [6, 6.07) is 24.4. The van der Waals surface area contributed by atoms with Crippen LogP contribution in [0.4, 0.5) is 11.4 Å². The van der Waals surface area contributed by atoms with Crippen LogP contribution >= 0.6 is 0 Å². The molecule has 0 unspecified atom stereocenters. The van der Waals surface area contributed by atoms with Gasteiger partial charge >= 0.3 is 5.97 Å². The molecule has 0 aliphatic carbocycles. The van der Waals surface area contributed by atoms with Gasteiger partial charge in [0, 0.05) is 25.5 Å². The zero-order valence-electron chi connectivity index (χ0n) is 19.8. The second-order valence-electron chi connectivity index (χ2n) is 9.10. The Morgan fingerprint density at radius 2 is 1.72 bits per heavy atom. The van der Waals surface area contributed by atoms with Gasteiger partial charge in [0.15, 0.2) is 0 Å². The van der Waals surface area contributed by atoms with Crippen LogP contribution in [0.1, 0.15) is 27.0 Å². The Morgan fingerprint density at radius 3 is 2.47 bits per heavy atom. The van der Waals surface area contributed by atoms with Gasteiger partial charge in [-0.3, -0.25) is 4.72 Å². The van der Waals surface area contributed by atoms with Crippen molar-refractivity contribution in [2.24, 2.45) is 0 Å². The normalized spacial score (nSPS) is 13.9. The first kappa shape index (κ1) is 23.7. The number of aryl methyl sites for hydroxylation is 1. The van der Waals surface area contributed by atoms with Crippen LogP contribution in [-0.4, -0.2) is 42.4 Å². The second kappa shape index (κ2) is 9.54. The van der Waals surface area contributed by atoms with E-state index in [1.807, 2.05) is 72.6 Å². The predicted molar refractivity (Wildman–Crippen MR) is 142 cm³/mol. The Hall–Kier alpha value is -4.04. The quantitative estimate of drug-likeness (QED) is 0.365. The largest absolute Gasteiger partial charge is 0.478 e. The van der Waals surface area contributed by atoms with E-state index in [1.165, 1.54) is 0 Å². The summed E-state index contributed by atoms with van der Waals surface area (Å²) in [4.78, 5) is 13.5. The van der Waals surface area contributed by atoms with Crippen molar-refractivity contribution in [1.82, 2.24) is 4.57 Å². The van der Waals surface area contributed by atoms with Gasteiger partial charge in [-0.05, 0) is 48.7 Å². The number of para-hydroxylation sites is 1. The van der Waals surface area contributed by atoms with Crippen molar-refractivity contribution in [2.45, 2.75) is 18.6 Å². The summed E-state index contributed by atoms with van der Waals surface area (Å²) < 4.78 is 31.0. The molecule has 1 fully saturated rings. The van der Waals surface area contributed by atoms with E-state index in [2.05, 4.69) is 4.72 Å². The van der Waals surface area contributed by atoms with Gasteiger partial charge in [0.1, 0.15) is 5.25 Å². The lowest BCUT2D eigenvalue weighted by molar-refractivity contribution is 0.0697. The highest BCUT2D eigenvalue weighted by atomic mass is 32.2. The molecule has 0 spiro atoms. The van der Waals surface area contributed by atoms with Crippen LogP contribution in [0.15, 0.2) is 91.3 Å². The molecule has 0 radical (unpaired) electrons. The fraction of sp³-hybridized carbons (Fsp3) is 0.179. The third-order valence-electron chi connectivity index (χ3n) is 6.49. The summed E-state index contributed by atoms with van der Waals surface area (Å²) in [5, 5.41) is 8.92. The first-order valence-corrected chi connectivity index (χ1v) is 13.3. The topological polar surface area (TPSA) is 91.6 Å². The molecule has 3 aromatic carbocycles. The van der Waals surface area contributed by atoms with Gasteiger partial charge in [-0.15, -0.1) is 0 Å². The Morgan fingerprint density at radius 1 is 1.00 bits per heavy atom. The van der Waals surface area contributed by atoms with Gasteiger partial charge in [-0.25, -0.2) is 13.2 Å². The third kappa shape index (κ3) is 4.85. The number of anilines is 2. The van der Waals surface area contributed by atoms with Crippen molar-refractivity contribution in [3.63, 3.8) is 0 Å². The number of hydrogen-bond donors (Lipinski definition) is 2. The van der Waals surface area contributed by atoms with Gasteiger partial charge < -0.3 is 14.6 Å². The van der Waals surface area contributed by atoms with Crippen LogP contribution in [0.5, 0.6) is 0 Å². The fourth-order valence-corrected chi connectivity index (χ4v) is 5.89. The average Bonchev–Trinajstić information content (AvgIpc) is 3.30. The maximum Gasteiger partial charge on any atom is 0.337 e. The van der Waals surface area contributed by atoms with Gasteiger partial charge in [-0.2, -0.15) is 0 Å². The van der Waals surface area contributed by atoms with Crippen LogP contribution in [0.3, 0.4) is 0 Å². The summed E-state index contributed by atoms with van der Waals surface area (Å²) in [7, 11) is -3.58. The summed E-state index contributed by atoms with van der Waals surface area (Å²) in [5.41, 5.74) is 5.36. The van der Waals surface area contributed by atoms with Gasteiger partial charge in [-0.1, -0.05) is 60.2 Å². The molecule has 1 aliphatic rings. The molecule has 2 N–H and O–H groups in total. The van der Waals surface area contributed by atoms with E-state index in [0.717, 1.165) is 22.4 Å². The molecule has 5 rings (SSSR count). The van der Waals surface area contributed by atoms with E-state index in [0.29, 0.717) is 30.9 Å². The number of benzene rings is 3. The van der Waals surface area contributed by atoms with E-state index in [9.17, 15) is 18.3 Å². The molecule has 1 aromatic heterocycles. The number of aromatic carboxylic acids is 1. The lowest BCUT2D eigenvalue weighted by atomic mass is 10.0. The smallest absolute Gasteiger partial charge is 0.337 e. The first-order valence-electron chi connectivity index (χ1n) is 11.7. The number of rotatable bonds is 8. The first-order chi connectivity index (χ1) is 17.3. The Labute approximate surface area is 210 Å². The molecule has 1 aliphatic heterocycles. The van der Waals surface area contributed by atoms with Crippen molar-refractivity contribution >= 4 is 27.4 Å². The molecule has 2 heterocycles. The monoisotopic (exact) mass is 501 g/mol. The molecule has 0 atom stereocenters. The highest BCUT2D eigenvalue weighted by Gasteiger charge is 2.38. The molecular formula is C28H27N3O4S. The molecule has 1 saturated heterocycles. The third-order valence-corrected chi connectivity index (χ3v) is 8.17. The number of carbonyl (C=O) groups is 1. The molecule has 0 amide bonds. The molecule has 7 nitrogen and oxygen atoms in total. The maximum absolute atomic E-state index is 13.2. The van der Waals surface area contributed by atoms with Crippen LogP contribution in [0.25, 0.3) is 5.69 Å². The SMILES string of the molecule is Cc1ccc(NS(=O)(=O)C2CN(c3ccn(-c4ccccc4C(=O)O)c3)C2)c(Cc2ccccc2)c1. The van der Waals surface area contributed by atoms with E-state index < -0.39 is 21.2 Å². The van der Waals surface area contributed by atoms with Gasteiger partial charge in [0.25, 0.3) is 0 Å². The highest BCUT2D eigenvalue weighted by Crippen LogP contribution is 2.29. The molecule has 184 valence electrons. The van der Waals surface area contributed by atoms with E-state index in [-0.39, 0.29) is 5.56 Å². The lowest BCUT2D eigenvalue weighted by Crippen LogP contribution is -2.56. The number of sulfonamides is 1. The number of hydrogen-bond acceptors (Lipinski definition) is 4. The van der Waals surface area contributed by atoms with Crippen molar-refractivity contribution < 1.29 is 18.3 Å². The Kier molecular flexibility index (Phi) is 6.28.